The van der Waals surface area contributed by atoms with E-state index in [1.807, 2.05) is 30.3 Å². The third-order valence-corrected chi connectivity index (χ3v) is 4.65. The lowest BCUT2D eigenvalue weighted by molar-refractivity contribution is -0.137. The first kappa shape index (κ1) is 19.5. The van der Waals surface area contributed by atoms with Crippen LogP contribution in [0.2, 0.25) is 0 Å². The fourth-order valence-corrected chi connectivity index (χ4v) is 3.15. The maximum absolute atomic E-state index is 13.4. The van der Waals surface area contributed by atoms with E-state index in [0.29, 0.717) is 12.2 Å². The molecule has 6 heteroatoms. The molecule has 0 spiro atoms. The van der Waals surface area contributed by atoms with Gasteiger partial charge in [0, 0.05) is 23.5 Å². The Morgan fingerprint density at radius 3 is 2.57 bits per heavy atom. The number of alkyl halides is 3. The third kappa shape index (κ3) is 4.11. The summed E-state index contributed by atoms with van der Waals surface area (Å²) in [5, 5.41) is 0. The van der Waals surface area contributed by atoms with Gasteiger partial charge in [-0.3, -0.25) is 4.79 Å². The van der Waals surface area contributed by atoms with E-state index in [1.165, 1.54) is 23.2 Å². The van der Waals surface area contributed by atoms with Gasteiger partial charge in [-0.2, -0.15) is 13.2 Å². The highest BCUT2D eigenvalue weighted by atomic mass is 19.4. The number of fused-ring (bicyclic) bond motifs is 1. The van der Waals surface area contributed by atoms with E-state index in [-0.39, 0.29) is 11.1 Å². The maximum atomic E-state index is 13.4. The number of pyridine rings is 1. The summed E-state index contributed by atoms with van der Waals surface area (Å²) in [6.07, 6.45) is 0.374. The van der Waals surface area contributed by atoms with Gasteiger partial charge in [0.2, 0.25) is 0 Å². The number of amides is 1. The molecule has 0 saturated heterocycles. The van der Waals surface area contributed by atoms with Gasteiger partial charge in [0.05, 0.1) is 12.1 Å². The number of aromatic nitrogens is 1. The number of carbonyl (C=O) groups excluding carboxylic acids is 1. The normalized spacial score (nSPS) is 12.7. The first-order valence-electron chi connectivity index (χ1n) is 9.13. The molecule has 30 heavy (non-hydrogen) atoms. The van der Waals surface area contributed by atoms with Crippen LogP contribution < -0.4 is 0 Å². The molecule has 1 aromatic heterocycles. The van der Waals surface area contributed by atoms with E-state index >= 15 is 0 Å². The van der Waals surface area contributed by atoms with Crippen molar-refractivity contribution in [1.82, 2.24) is 9.88 Å². The van der Waals surface area contributed by atoms with Crippen LogP contribution in [0.3, 0.4) is 0 Å². The van der Waals surface area contributed by atoms with Crippen LogP contribution in [0.25, 0.3) is 6.08 Å². The monoisotopic (exact) mass is 404 g/mol. The number of halogens is 3. The summed E-state index contributed by atoms with van der Waals surface area (Å²) in [7, 11) is 0. The minimum absolute atomic E-state index is 0.136. The predicted octanol–water partition coefficient (Wildman–Crippen LogP) is 5.13. The molecule has 2 heterocycles. The van der Waals surface area contributed by atoms with Crippen molar-refractivity contribution in [3.05, 3.63) is 107 Å². The number of hydrogen-bond donors (Lipinski definition) is 0. The zero-order valence-electron chi connectivity index (χ0n) is 15.6. The number of rotatable bonds is 1. The van der Waals surface area contributed by atoms with E-state index in [0.717, 1.165) is 17.2 Å². The van der Waals surface area contributed by atoms with Gasteiger partial charge >= 0.3 is 6.18 Å². The Morgan fingerprint density at radius 1 is 1.00 bits per heavy atom. The van der Waals surface area contributed by atoms with E-state index in [2.05, 4.69) is 16.8 Å². The van der Waals surface area contributed by atoms with E-state index in [4.69, 9.17) is 0 Å². The molecule has 0 N–H and O–H groups in total. The second-order valence-corrected chi connectivity index (χ2v) is 6.67. The minimum Gasteiger partial charge on any atom is -0.311 e. The molecule has 0 radical (unpaired) electrons. The van der Waals surface area contributed by atoms with Crippen LogP contribution in [0.4, 0.5) is 13.2 Å². The summed E-state index contributed by atoms with van der Waals surface area (Å²) in [5.41, 5.74) is 1.31. The molecule has 1 amide bonds. The number of nitrogens with zero attached hydrogens (tertiary/aromatic N) is 2. The summed E-state index contributed by atoms with van der Waals surface area (Å²) in [4.78, 5) is 18.4. The Morgan fingerprint density at radius 2 is 1.80 bits per heavy atom. The van der Waals surface area contributed by atoms with Crippen LogP contribution in [0.15, 0.2) is 73.1 Å². The highest BCUT2D eigenvalue weighted by Crippen LogP contribution is 2.32. The molecule has 3 nitrogen and oxygen atoms in total. The Hall–Kier alpha value is -3.85. The van der Waals surface area contributed by atoms with Crippen LogP contribution in [0.1, 0.15) is 38.3 Å². The fraction of sp³-hybridized carbons (Fsp3) is 0.0833. The number of carbonyl (C=O) groups is 1. The molecule has 0 bridgehead atoms. The lowest BCUT2D eigenvalue weighted by Crippen LogP contribution is -2.27. The van der Waals surface area contributed by atoms with Crippen molar-refractivity contribution in [2.75, 3.05) is 0 Å². The Balaban J connectivity index is 1.68. The van der Waals surface area contributed by atoms with Crippen LogP contribution in [-0.4, -0.2) is 15.8 Å². The van der Waals surface area contributed by atoms with Gasteiger partial charge in [0.1, 0.15) is 5.69 Å². The highest BCUT2D eigenvalue weighted by Gasteiger charge is 2.33. The molecule has 2 aromatic carbocycles. The predicted molar refractivity (Wildman–Crippen MR) is 107 cm³/mol. The van der Waals surface area contributed by atoms with Gasteiger partial charge in [0.15, 0.2) is 0 Å². The smallest absolute Gasteiger partial charge is 0.311 e. The van der Waals surface area contributed by atoms with Gasteiger partial charge in [-0.1, -0.05) is 36.3 Å². The summed E-state index contributed by atoms with van der Waals surface area (Å²) in [6, 6.07) is 15.9. The molecule has 1 aliphatic rings. The zero-order valence-corrected chi connectivity index (χ0v) is 15.6. The molecule has 0 aliphatic carbocycles. The summed E-state index contributed by atoms with van der Waals surface area (Å²) < 4.78 is 40.3. The van der Waals surface area contributed by atoms with Gasteiger partial charge in [-0.25, -0.2) is 4.98 Å². The second kappa shape index (κ2) is 7.88. The van der Waals surface area contributed by atoms with Gasteiger partial charge in [-0.05, 0) is 53.5 Å². The van der Waals surface area contributed by atoms with Gasteiger partial charge < -0.3 is 4.90 Å². The van der Waals surface area contributed by atoms with Gasteiger partial charge in [0.25, 0.3) is 5.91 Å². The van der Waals surface area contributed by atoms with E-state index < -0.39 is 17.6 Å². The largest absolute Gasteiger partial charge is 0.417 e. The van der Waals surface area contributed by atoms with Crippen LogP contribution in [0, 0.1) is 11.8 Å². The van der Waals surface area contributed by atoms with Crippen molar-refractivity contribution in [1.29, 1.82) is 0 Å². The average molecular weight is 404 g/mol. The van der Waals surface area contributed by atoms with Crippen LogP contribution in [0.5, 0.6) is 0 Å². The lowest BCUT2D eigenvalue weighted by atomic mass is 10.0. The summed E-state index contributed by atoms with van der Waals surface area (Å²) >= 11 is 0. The summed E-state index contributed by atoms with van der Waals surface area (Å²) in [5.74, 6) is 4.77. The van der Waals surface area contributed by atoms with Crippen LogP contribution >= 0.6 is 0 Å². The zero-order chi connectivity index (χ0) is 21.1. The molecule has 3 aromatic rings. The van der Waals surface area contributed by atoms with Crippen molar-refractivity contribution >= 4 is 12.0 Å². The SMILES string of the molecule is O=C(c1ccc(C(F)(F)F)c(C#Cc2ccccn2)c1)N1C=Cc2ccccc2C1. The molecule has 0 unspecified atom stereocenters. The Bertz CT molecular complexity index is 1190. The van der Waals surface area contributed by atoms with E-state index in [1.54, 1.807) is 24.4 Å². The maximum Gasteiger partial charge on any atom is 0.417 e. The first-order valence-corrected chi connectivity index (χ1v) is 9.13. The molecule has 4 rings (SSSR count). The number of benzene rings is 2. The highest BCUT2D eigenvalue weighted by molar-refractivity contribution is 5.96. The molecular formula is C24H15F3N2O. The second-order valence-electron chi connectivity index (χ2n) is 6.67. The van der Waals surface area contributed by atoms with Gasteiger partial charge in [-0.15, -0.1) is 0 Å². The minimum atomic E-state index is -4.58. The average Bonchev–Trinajstić information content (AvgIpc) is 2.76. The molecule has 0 atom stereocenters. The molecule has 148 valence electrons. The van der Waals surface area contributed by atoms with Crippen LogP contribution in [-0.2, 0) is 12.7 Å². The fourth-order valence-electron chi connectivity index (χ4n) is 3.15. The molecule has 0 fully saturated rings. The van der Waals surface area contributed by atoms with Crippen molar-refractivity contribution in [3.63, 3.8) is 0 Å². The Labute approximate surface area is 171 Å². The van der Waals surface area contributed by atoms with E-state index in [9.17, 15) is 18.0 Å². The lowest BCUT2D eigenvalue weighted by Gasteiger charge is -2.24. The molecule has 1 aliphatic heterocycles. The standard InChI is InChI=1S/C24H15F3N2O/c25-24(26,27)22-11-9-19(15-18(22)8-10-21-7-3-4-13-28-21)23(30)29-14-12-17-5-1-2-6-20(17)16-29/h1-7,9,11-15H,16H2. The molecule has 0 saturated carbocycles. The van der Waals surface area contributed by atoms with Crippen molar-refractivity contribution < 1.29 is 18.0 Å². The first-order chi connectivity index (χ1) is 14.4. The topological polar surface area (TPSA) is 33.2 Å². The third-order valence-electron chi connectivity index (χ3n) is 4.65. The molecular weight excluding hydrogens is 389 g/mol. The Kier molecular flexibility index (Phi) is 5.11. The van der Waals surface area contributed by atoms with Crippen molar-refractivity contribution in [3.8, 4) is 11.8 Å². The van der Waals surface area contributed by atoms with Crippen molar-refractivity contribution in [2.24, 2.45) is 0 Å². The quantitative estimate of drug-likeness (QED) is 0.527. The van der Waals surface area contributed by atoms with Crippen molar-refractivity contribution in [2.45, 2.75) is 12.7 Å². The summed E-state index contributed by atoms with van der Waals surface area (Å²) in [6.45, 7) is 0.349. The number of hydrogen-bond acceptors (Lipinski definition) is 2.